The summed E-state index contributed by atoms with van der Waals surface area (Å²) < 4.78 is 0. The Morgan fingerprint density at radius 2 is 0.724 bits per heavy atom. The highest BCUT2D eigenvalue weighted by atomic mass is 32.4. The summed E-state index contributed by atoms with van der Waals surface area (Å²) >= 11 is 6.10. The number of carboxylic acid groups (broad SMARTS) is 3. The first kappa shape index (κ1) is 20.5. The van der Waals surface area contributed by atoms with Gasteiger partial charge >= 0.3 is 17.9 Å². The minimum Gasteiger partial charge on any atom is -0.478 e. The summed E-state index contributed by atoms with van der Waals surface area (Å²) in [7, 11) is 0. The van der Waals surface area contributed by atoms with Gasteiger partial charge in [-0.3, -0.25) is 0 Å². The maximum atomic E-state index is 11.2. The number of aromatic carboxylic acids is 3. The van der Waals surface area contributed by atoms with Gasteiger partial charge in [0, 0.05) is 6.04 Å². The van der Waals surface area contributed by atoms with Crippen LogP contribution in [0.4, 0.5) is 0 Å². The van der Waals surface area contributed by atoms with Crippen LogP contribution in [0.5, 0.6) is 0 Å². The van der Waals surface area contributed by atoms with E-state index < -0.39 is 23.9 Å². The van der Waals surface area contributed by atoms with Crippen molar-refractivity contribution in [2.24, 2.45) is 0 Å². The minimum atomic E-state index is -2.67. The van der Waals surface area contributed by atoms with E-state index in [1.165, 1.54) is 36.4 Å². The van der Waals surface area contributed by atoms with Crippen LogP contribution in [0.25, 0.3) is 0 Å². The van der Waals surface area contributed by atoms with Crippen LogP contribution in [0.2, 0.25) is 0 Å². The van der Waals surface area contributed by atoms with E-state index in [4.69, 9.17) is 27.1 Å². The van der Waals surface area contributed by atoms with Crippen LogP contribution in [-0.2, 0) is 11.8 Å². The Morgan fingerprint density at radius 3 is 0.897 bits per heavy atom. The molecule has 0 unspecified atom stereocenters. The third kappa shape index (κ3) is 3.97. The lowest BCUT2D eigenvalue weighted by Crippen LogP contribution is -2.25. The van der Waals surface area contributed by atoms with Crippen molar-refractivity contribution in [1.29, 1.82) is 0 Å². The van der Waals surface area contributed by atoms with Crippen LogP contribution in [0.3, 0.4) is 0 Å². The highest BCUT2D eigenvalue weighted by Gasteiger charge is 2.26. The van der Waals surface area contributed by atoms with Gasteiger partial charge in [-0.25, -0.2) is 14.4 Å². The normalized spacial score (nSPS) is 11.0. The molecule has 29 heavy (non-hydrogen) atoms. The van der Waals surface area contributed by atoms with Gasteiger partial charge < -0.3 is 15.3 Å². The molecule has 3 rings (SSSR count). The van der Waals surface area contributed by atoms with Gasteiger partial charge in [0.15, 0.2) is 0 Å². The number of carbonyl (C=O) groups is 3. The molecule has 0 radical (unpaired) electrons. The second-order valence-corrected chi connectivity index (χ2v) is 10.6. The predicted molar refractivity (Wildman–Crippen MR) is 113 cm³/mol. The van der Waals surface area contributed by atoms with Crippen LogP contribution < -0.4 is 15.9 Å². The topological polar surface area (TPSA) is 112 Å². The molecule has 0 fully saturated rings. The maximum Gasteiger partial charge on any atom is 0.335 e. The van der Waals surface area contributed by atoms with Crippen LogP contribution >= 0.6 is 6.04 Å². The zero-order chi connectivity index (χ0) is 21.2. The summed E-state index contributed by atoms with van der Waals surface area (Å²) in [5, 5.41) is 29.6. The van der Waals surface area contributed by atoms with E-state index in [9.17, 15) is 14.4 Å². The standard InChI is InChI=1S/C21H15O6PS/c22-19(23)13-1-7-16(8-2-13)28(29,17-9-3-14(4-10-17)20(24)25)18-11-5-15(6-12-18)21(26)27/h1-12H,(H,22,23)(H,24,25)(H,26,27). The molecule has 8 heteroatoms. The van der Waals surface area contributed by atoms with Crippen molar-refractivity contribution >= 4 is 51.7 Å². The number of benzene rings is 3. The summed E-state index contributed by atoms with van der Waals surface area (Å²) in [5.41, 5.74) is 0.369. The molecular formula is C21H15O6PS. The van der Waals surface area contributed by atoms with Crippen molar-refractivity contribution < 1.29 is 29.7 Å². The molecule has 3 N–H and O–H groups in total. The molecule has 3 aromatic carbocycles. The van der Waals surface area contributed by atoms with Crippen LogP contribution in [0, 0.1) is 0 Å². The number of hydrogen-bond acceptors (Lipinski definition) is 4. The molecule has 0 heterocycles. The quantitative estimate of drug-likeness (QED) is 0.520. The van der Waals surface area contributed by atoms with E-state index in [1.54, 1.807) is 36.4 Å². The Bertz CT molecular complexity index is 989. The second kappa shape index (κ2) is 7.99. The molecule has 0 aromatic heterocycles. The summed E-state index contributed by atoms with van der Waals surface area (Å²) in [6.07, 6.45) is 0. The third-order valence-corrected chi connectivity index (χ3v) is 9.41. The van der Waals surface area contributed by atoms with Gasteiger partial charge in [0.05, 0.1) is 16.7 Å². The molecular weight excluding hydrogens is 411 g/mol. The average molecular weight is 426 g/mol. The Morgan fingerprint density at radius 1 is 0.517 bits per heavy atom. The molecule has 0 saturated heterocycles. The molecule has 0 spiro atoms. The summed E-state index contributed by atoms with van der Waals surface area (Å²) in [6.45, 7) is 0. The second-order valence-electron chi connectivity index (χ2n) is 6.17. The SMILES string of the molecule is O=C(O)c1ccc(P(=S)(c2ccc(C(=O)O)cc2)c2ccc(C(=O)O)cc2)cc1. The van der Waals surface area contributed by atoms with E-state index in [1.807, 2.05) is 0 Å². The van der Waals surface area contributed by atoms with Gasteiger partial charge in [0.2, 0.25) is 0 Å². The van der Waals surface area contributed by atoms with Gasteiger partial charge in [0.1, 0.15) is 0 Å². The van der Waals surface area contributed by atoms with E-state index >= 15 is 0 Å². The first-order chi connectivity index (χ1) is 13.7. The van der Waals surface area contributed by atoms with Crippen LogP contribution in [-0.4, -0.2) is 33.2 Å². The van der Waals surface area contributed by atoms with E-state index in [-0.39, 0.29) is 16.7 Å². The van der Waals surface area contributed by atoms with Crippen molar-refractivity contribution in [1.82, 2.24) is 0 Å². The molecule has 3 aromatic rings. The number of carboxylic acids is 3. The molecule has 6 nitrogen and oxygen atoms in total. The van der Waals surface area contributed by atoms with Crippen LogP contribution in [0.15, 0.2) is 72.8 Å². The smallest absolute Gasteiger partial charge is 0.335 e. The first-order valence-corrected chi connectivity index (χ1v) is 11.2. The molecule has 0 saturated carbocycles. The lowest BCUT2D eigenvalue weighted by atomic mass is 10.2. The molecule has 146 valence electrons. The fourth-order valence-electron chi connectivity index (χ4n) is 2.89. The molecule has 0 amide bonds. The molecule has 0 atom stereocenters. The lowest BCUT2D eigenvalue weighted by Gasteiger charge is -2.24. The molecule has 0 bridgehead atoms. The largest absolute Gasteiger partial charge is 0.478 e. The zero-order valence-corrected chi connectivity index (χ0v) is 16.6. The van der Waals surface area contributed by atoms with Crippen LogP contribution in [0.1, 0.15) is 31.1 Å². The summed E-state index contributed by atoms with van der Waals surface area (Å²) in [6, 6.07) is 16.1. The Kier molecular flexibility index (Phi) is 5.64. The zero-order valence-electron chi connectivity index (χ0n) is 14.9. The summed E-state index contributed by atoms with van der Waals surface area (Å²) in [4.78, 5) is 33.5. The molecule has 0 aliphatic rings. The fourth-order valence-corrected chi connectivity index (χ4v) is 6.59. The van der Waals surface area contributed by atoms with Crippen molar-refractivity contribution in [2.75, 3.05) is 0 Å². The lowest BCUT2D eigenvalue weighted by molar-refractivity contribution is 0.0686. The van der Waals surface area contributed by atoms with Gasteiger partial charge in [-0.15, -0.1) is 0 Å². The monoisotopic (exact) mass is 426 g/mol. The first-order valence-electron chi connectivity index (χ1n) is 8.35. The maximum absolute atomic E-state index is 11.2. The molecule has 0 aliphatic carbocycles. The van der Waals surface area contributed by atoms with E-state index in [0.717, 1.165) is 0 Å². The Hall–Kier alpha value is -3.28. The number of hydrogen-bond donors (Lipinski definition) is 3. The van der Waals surface area contributed by atoms with Crippen molar-refractivity contribution in [3.05, 3.63) is 89.5 Å². The van der Waals surface area contributed by atoms with Crippen molar-refractivity contribution in [3.63, 3.8) is 0 Å². The van der Waals surface area contributed by atoms with Gasteiger partial charge in [-0.05, 0) is 52.3 Å². The highest BCUT2D eigenvalue weighted by molar-refractivity contribution is 8.25. The highest BCUT2D eigenvalue weighted by Crippen LogP contribution is 2.42. The van der Waals surface area contributed by atoms with E-state index in [2.05, 4.69) is 0 Å². The Labute approximate surface area is 171 Å². The van der Waals surface area contributed by atoms with Gasteiger partial charge in [0.25, 0.3) is 0 Å². The minimum absolute atomic E-state index is 0.123. The van der Waals surface area contributed by atoms with Crippen molar-refractivity contribution in [3.8, 4) is 0 Å². The molecule has 0 aliphatic heterocycles. The van der Waals surface area contributed by atoms with Crippen molar-refractivity contribution in [2.45, 2.75) is 0 Å². The fraction of sp³-hybridized carbons (Fsp3) is 0. The predicted octanol–water partition coefficient (Wildman–Crippen LogP) is 2.54. The average Bonchev–Trinajstić information content (AvgIpc) is 2.73. The van der Waals surface area contributed by atoms with Gasteiger partial charge in [-0.2, -0.15) is 0 Å². The Balaban J connectivity index is 2.19. The van der Waals surface area contributed by atoms with E-state index in [0.29, 0.717) is 15.9 Å². The summed E-state index contributed by atoms with van der Waals surface area (Å²) in [5.74, 6) is -3.16. The van der Waals surface area contributed by atoms with Gasteiger partial charge in [-0.1, -0.05) is 48.2 Å². The third-order valence-electron chi connectivity index (χ3n) is 4.43. The number of rotatable bonds is 6.